The van der Waals surface area contributed by atoms with Crippen molar-refractivity contribution in [1.29, 1.82) is 0 Å². The van der Waals surface area contributed by atoms with Crippen molar-refractivity contribution in [3.63, 3.8) is 0 Å². The van der Waals surface area contributed by atoms with E-state index in [1.54, 1.807) is 12.1 Å². The molecule has 3 rings (SSSR count). The SMILES string of the molecule is O=C1c2ccc(Br)cc2S(=O)(=O)N1CCc1ccccc1. The molecule has 4 nitrogen and oxygen atoms in total. The molecular weight excluding hydrogens is 354 g/mol. The van der Waals surface area contributed by atoms with Crippen molar-refractivity contribution >= 4 is 31.9 Å². The minimum absolute atomic E-state index is 0.0786. The Morgan fingerprint density at radius 2 is 1.76 bits per heavy atom. The van der Waals surface area contributed by atoms with Crippen molar-refractivity contribution in [1.82, 2.24) is 4.31 Å². The van der Waals surface area contributed by atoms with E-state index in [1.165, 1.54) is 6.07 Å². The minimum atomic E-state index is -3.73. The number of nitrogens with zero attached hydrogens (tertiary/aromatic N) is 1. The first-order valence-corrected chi connectivity index (χ1v) is 8.64. The second-order valence-electron chi connectivity index (χ2n) is 4.76. The maximum atomic E-state index is 12.5. The number of carbonyl (C=O) groups excluding carboxylic acids is 1. The summed E-state index contributed by atoms with van der Waals surface area (Å²) in [6.07, 6.45) is 0.501. The average Bonchev–Trinajstić information content (AvgIpc) is 2.65. The zero-order valence-corrected chi connectivity index (χ0v) is 13.4. The van der Waals surface area contributed by atoms with Crippen LogP contribution in [0.15, 0.2) is 57.9 Å². The van der Waals surface area contributed by atoms with Gasteiger partial charge in [0.1, 0.15) is 4.90 Å². The number of fused-ring (bicyclic) bond motifs is 1. The molecular formula is C15H12BrNO3S. The molecule has 6 heteroatoms. The third kappa shape index (κ3) is 2.49. The maximum Gasteiger partial charge on any atom is 0.269 e. The van der Waals surface area contributed by atoms with E-state index >= 15 is 0 Å². The number of benzene rings is 2. The molecule has 0 aliphatic carbocycles. The number of carbonyl (C=O) groups is 1. The molecule has 1 aliphatic heterocycles. The highest BCUT2D eigenvalue weighted by atomic mass is 79.9. The molecule has 1 heterocycles. The molecule has 108 valence electrons. The number of halogens is 1. The topological polar surface area (TPSA) is 54.5 Å². The van der Waals surface area contributed by atoms with Crippen molar-refractivity contribution in [2.75, 3.05) is 6.54 Å². The molecule has 2 aromatic rings. The van der Waals surface area contributed by atoms with Crippen molar-refractivity contribution in [2.24, 2.45) is 0 Å². The van der Waals surface area contributed by atoms with Gasteiger partial charge in [-0.15, -0.1) is 0 Å². The quantitative estimate of drug-likeness (QED) is 0.840. The summed E-state index contributed by atoms with van der Waals surface area (Å²) in [5.74, 6) is -0.451. The Labute approximate surface area is 131 Å². The molecule has 21 heavy (non-hydrogen) atoms. The van der Waals surface area contributed by atoms with Crippen molar-refractivity contribution < 1.29 is 13.2 Å². The highest BCUT2D eigenvalue weighted by Crippen LogP contribution is 2.32. The third-order valence-electron chi connectivity index (χ3n) is 3.42. The molecule has 0 spiro atoms. The molecule has 0 bridgehead atoms. The lowest BCUT2D eigenvalue weighted by Crippen LogP contribution is -2.32. The molecule has 0 saturated carbocycles. The van der Waals surface area contributed by atoms with E-state index in [-0.39, 0.29) is 17.0 Å². The van der Waals surface area contributed by atoms with Gasteiger partial charge in [0.15, 0.2) is 0 Å². The molecule has 1 amide bonds. The Kier molecular flexibility index (Phi) is 3.59. The largest absolute Gasteiger partial charge is 0.269 e. The lowest BCUT2D eigenvalue weighted by atomic mass is 10.1. The molecule has 1 aliphatic rings. The van der Waals surface area contributed by atoms with Gasteiger partial charge in [0.25, 0.3) is 15.9 Å². The van der Waals surface area contributed by atoms with Crippen LogP contribution in [0.2, 0.25) is 0 Å². The summed E-state index contributed by atoms with van der Waals surface area (Å²) in [5.41, 5.74) is 1.24. The first kappa shape index (κ1) is 14.3. The van der Waals surface area contributed by atoms with Crippen LogP contribution in [0, 0.1) is 0 Å². The third-order valence-corrected chi connectivity index (χ3v) is 5.73. The molecule has 0 atom stereocenters. The fourth-order valence-corrected chi connectivity index (χ4v) is 4.45. The highest BCUT2D eigenvalue weighted by molar-refractivity contribution is 9.10. The molecule has 0 N–H and O–H groups in total. The summed E-state index contributed by atoms with van der Waals surface area (Å²) in [6, 6.07) is 14.2. The Hall–Kier alpha value is -1.66. The van der Waals surface area contributed by atoms with Crippen LogP contribution >= 0.6 is 15.9 Å². The Bertz CT molecular complexity index is 803. The second kappa shape index (κ2) is 5.27. The predicted molar refractivity (Wildman–Crippen MR) is 82.5 cm³/mol. The summed E-state index contributed by atoms with van der Waals surface area (Å²) in [5, 5.41) is 0. The summed E-state index contributed by atoms with van der Waals surface area (Å²) in [6.45, 7) is 0.150. The maximum absolute atomic E-state index is 12.5. The normalized spacial score (nSPS) is 16.0. The molecule has 0 radical (unpaired) electrons. The van der Waals surface area contributed by atoms with Gasteiger partial charge in [-0.3, -0.25) is 4.79 Å². The lowest BCUT2D eigenvalue weighted by molar-refractivity contribution is 0.0872. The Balaban J connectivity index is 1.90. The van der Waals surface area contributed by atoms with E-state index in [0.717, 1.165) is 9.87 Å². The monoisotopic (exact) mass is 365 g/mol. The molecule has 0 unspecified atom stereocenters. The first-order valence-electron chi connectivity index (χ1n) is 6.41. The van der Waals surface area contributed by atoms with Crippen LogP contribution in [-0.4, -0.2) is 25.2 Å². The van der Waals surface area contributed by atoms with Gasteiger partial charge in [-0.05, 0) is 30.2 Å². The van der Waals surface area contributed by atoms with Gasteiger partial charge in [-0.2, -0.15) is 0 Å². The zero-order valence-electron chi connectivity index (χ0n) is 11.0. The van der Waals surface area contributed by atoms with Gasteiger partial charge in [-0.25, -0.2) is 12.7 Å². The van der Waals surface area contributed by atoms with Crippen LogP contribution in [0.1, 0.15) is 15.9 Å². The van der Waals surface area contributed by atoms with Crippen LogP contribution in [-0.2, 0) is 16.4 Å². The number of sulfonamides is 1. The van der Waals surface area contributed by atoms with Crippen molar-refractivity contribution in [2.45, 2.75) is 11.3 Å². The van der Waals surface area contributed by atoms with Crippen molar-refractivity contribution in [3.05, 3.63) is 64.1 Å². The molecule has 0 saturated heterocycles. The number of rotatable bonds is 3. The van der Waals surface area contributed by atoms with Gasteiger partial charge in [-0.1, -0.05) is 46.3 Å². The van der Waals surface area contributed by atoms with E-state index in [4.69, 9.17) is 0 Å². The van der Waals surface area contributed by atoms with Gasteiger partial charge < -0.3 is 0 Å². The summed E-state index contributed by atoms with van der Waals surface area (Å²) >= 11 is 3.24. The van der Waals surface area contributed by atoms with E-state index < -0.39 is 15.9 Å². The fraction of sp³-hybridized carbons (Fsp3) is 0.133. The van der Waals surface area contributed by atoms with Crippen LogP contribution in [0.5, 0.6) is 0 Å². The molecule has 0 fully saturated rings. The average molecular weight is 366 g/mol. The predicted octanol–water partition coefficient (Wildman–Crippen LogP) is 2.84. The van der Waals surface area contributed by atoms with Gasteiger partial charge >= 0.3 is 0 Å². The van der Waals surface area contributed by atoms with E-state index in [1.807, 2.05) is 30.3 Å². The second-order valence-corrected chi connectivity index (χ2v) is 7.50. The minimum Gasteiger partial charge on any atom is -0.268 e. The van der Waals surface area contributed by atoms with E-state index in [9.17, 15) is 13.2 Å². The number of hydrogen-bond donors (Lipinski definition) is 0. The van der Waals surface area contributed by atoms with Crippen molar-refractivity contribution in [3.8, 4) is 0 Å². The Morgan fingerprint density at radius 1 is 1.05 bits per heavy atom. The van der Waals surface area contributed by atoms with E-state index in [0.29, 0.717) is 10.9 Å². The standard InChI is InChI=1S/C15H12BrNO3S/c16-12-6-7-13-14(10-12)21(19,20)17(15(13)18)9-8-11-4-2-1-3-5-11/h1-7,10H,8-9H2. The van der Waals surface area contributed by atoms with Gasteiger partial charge in [0.2, 0.25) is 0 Å². The van der Waals surface area contributed by atoms with E-state index in [2.05, 4.69) is 15.9 Å². The van der Waals surface area contributed by atoms with Crippen LogP contribution in [0.25, 0.3) is 0 Å². The summed E-state index contributed by atoms with van der Waals surface area (Å²) < 4.78 is 26.5. The van der Waals surface area contributed by atoms with Crippen LogP contribution in [0.4, 0.5) is 0 Å². The lowest BCUT2D eigenvalue weighted by Gasteiger charge is -2.14. The zero-order chi connectivity index (χ0) is 15.0. The fourth-order valence-electron chi connectivity index (χ4n) is 2.35. The highest BCUT2D eigenvalue weighted by Gasteiger charge is 2.40. The first-order chi connectivity index (χ1) is 10.00. The Morgan fingerprint density at radius 3 is 2.48 bits per heavy atom. The van der Waals surface area contributed by atoms with Gasteiger partial charge in [0.05, 0.1) is 5.56 Å². The summed E-state index contributed by atoms with van der Waals surface area (Å²) in [4.78, 5) is 12.4. The van der Waals surface area contributed by atoms with Crippen LogP contribution in [0.3, 0.4) is 0 Å². The number of hydrogen-bond acceptors (Lipinski definition) is 3. The smallest absolute Gasteiger partial charge is 0.268 e. The van der Waals surface area contributed by atoms with Gasteiger partial charge in [0, 0.05) is 11.0 Å². The van der Waals surface area contributed by atoms with Crippen LogP contribution < -0.4 is 0 Å². The molecule has 0 aromatic heterocycles. The molecule has 2 aromatic carbocycles. The summed E-state index contributed by atoms with van der Waals surface area (Å²) in [7, 11) is -3.73. The number of amides is 1.